The minimum atomic E-state index is -5.08. The van der Waals surface area contributed by atoms with Gasteiger partial charge in [-0.25, -0.2) is 9.78 Å². The fourth-order valence-electron chi connectivity index (χ4n) is 3.71. The molecule has 226 valence electrons. The lowest BCUT2D eigenvalue weighted by molar-refractivity contribution is -0.192. The number of carbonyl (C=O) groups is 2. The van der Waals surface area contributed by atoms with Gasteiger partial charge in [-0.2, -0.15) is 18.2 Å². The van der Waals surface area contributed by atoms with E-state index >= 15 is 0 Å². The quantitative estimate of drug-likeness (QED) is 0.185. The molecule has 0 spiro atoms. The number of pyridine rings is 1. The molecular formula is C30H31F3N6O4. The molecule has 0 aliphatic rings. The third-order valence-corrected chi connectivity index (χ3v) is 5.77. The Labute approximate surface area is 246 Å². The van der Waals surface area contributed by atoms with Crippen molar-refractivity contribution in [3.05, 3.63) is 102 Å². The predicted molar refractivity (Wildman–Crippen MR) is 156 cm³/mol. The molecule has 1 amide bonds. The first-order valence-electron chi connectivity index (χ1n) is 13.1. The number of aromatic nitrogens is 3. The molecule has 0 unspecified atom stereocenters. The van der Waals surface area contributed by atoms with Crippen LogP contribution < -0.4 is 20.7 Å². The Bertz CT molecular complexity index is 1460. The summed E-state index contributed by atoms with van der Waals surface area (Å²) in [6, 6.07) is 24.3. The first kappa shape index (κ1) is 32.3. The minimum absolute atomic E-state index is 0.162. The summed E-state index contributed by atoms with van der Waals surface area (Å²) in [4.78, 5) is 35.6. The lowest BCUT2D eigenvalue weighted by atomic mass is 10.0. The summed E-state index contributed by atoms with van der Waals surface area (Å²) in [5, 5.41) is 16.7. The smallest absolute Gasteiger partial charge is 0.490 e. The predicted octanol–water partition coefficient (Wildman–Crippen LogP) is 5.14. The van der Waals surface area contributed by atoms with Crippen LogP contribution >= 0.6 is 0 Å². The van der Waals surface area contributed by atoms with E-state index in [2.05, 4.69) is 30.9 Å². The number of aryl methyl sites for hydroxylation is 1. The maximum absolute atomic E-state index is 13.3. The molecule has 1 atom stereocenters. The summed E-state index contributed by atoms with van der Waals surface area (Å²) in [6.07, 6.45) is -2.06. The van der Waals surface area contributed by atoms with Gasteiger partial charge in [-0.3, -0.25) is 9.78 Å². The van der Waals surface area contributed by atoms with E-state index in [0.717, 1.165) is 29.1 Å². The molecule has 0 bridgehead atoms. The number of carboxylic acid groups (broad SMARTS) is 1. The van der Waals surface area contributed by atoms with Crippen molar-refractivity contribution in [2.75, 3.05) is 29.6 Å². The van der Waals surface area contributed by atoms with Crippen LogP contribution in [0.25, 0.3) is 0 Å². The summed E-state index contributed by atoms with van der Waals surface area (Å²) in [5.74, 6) is -1.11. The molecule has 0 fully saturated rings. The van der Waals surface area contributed by atoms with E-state index in [9.17, 15) is 18.0 Å². The van der Waals surface area contributed by atoms with Crippen LogP contribution in [-0.4, -0.2) is 57.8 Å². The van der Waals surface area contributed by atoms with E-state index in [1.165, 1.54) is 0 Å². The number of aliphatic carboxylic acids is 1. The third-order valence-electron chi connectivity index (χ3n) is 5.77. The van der Waals surface area contributed by atoms with Crippen LogP contribution in [0.5, 0.6) is 5.75 Å². The number of alkyl halides is 3. The fraction of sp³-hybridized carbons (Fsp3) is 0.233. The Morgan fingerprint density at radius 2 is 1.65 bits per heavy atom. The molecule has 0 saturated carbocycles. The zero-order chi connectivity index (χ0) is 31.2. The third kappa shape index (κ3) is 11.3. The second kappa shape index (κ2) is 15.7. The molecule has 43 heavy (non-hydrogen) atoms. The topological polar surface area (TPSA) is 138 Å². The number of anilines is 3. The van der Waals surface area contributed by atoms with Crippen molar-refractivity contribution in [3.63, 3.8) is 0 Å². The van der Waals surface area contributed by atoms with Crippen molar-refractivity contribution < 1.29 is 32.6 Å². The van der Waals surface area contributed by atoms with Gasteiger partial charge in [0, 0.05) is 48.7 Å². The number of hydrogen-bond acceptors (Lipinski definition) is 8. The van der Waals surface area contributed by atoms with E-state index in [0.29, 0.717) is 30.4 Å². The highest BCUT2D eigenvalue weighted by Crippen LogP contribution is 2.18. The Kier molecular flexibility index (Phi) is 11.8. The van der Waals surface area contributed by atoms with E-state index in [1.54, 1.807) is 13.3 Å². The Hall–Kier alpha value is -5.20. The summed E-state index contributed by atoms with van der Waals surface area (Å²) in [7, 11) is 1.61. The van der Waals surface area contributed by atoms with Crippen LogP contribution in [0.15, 0.2) is 85.1 Å². The highest BCUT2D eigenvalue weighted by atomic mass is 19.4. The van der Waals surface area contributed by atoms with E-state index in [4.69, 9.17) is 14.6 Å². The lowest BCUT2D eigenvalue weighted by Crippen LogP contribution is -2.37. The molecule has 4 N–H and O–H groups in total. The zero-order valence-electron chi connectivity index (χ0n) is 23.4. The molecule has 10 nitrogen and oxygen atoms in total. The Morgan fingerprint density at radius 1 is 0.977 bits per heavy atom. The summed E-state index contributed by atoms with van der Waals surface area (Å²) < 4.78 is 36.9. The second-order valence-corrected chi connectivity index (χ2v) is 9.12. The maximum atomic E-state index is 13.3. The van der Waals surface area contributed by atoms with Gasteiger partial charge in [0.05, 0.1) is 7.11 Å². The standard InChI is InChI=1S/C28H30N6O2.C2HF3O2/c1-20-18-26(34-28(31-20)30-17-15-22-10-6-7-16-29-22)33-25(19-21-8-4-3-5-9-21)27(35)32-23-11-13-24(36-2)14-12-23;3-2(4,5)1(6)7/h3-14,16,18,25H,15,17,19H2,1-2H3,(H,32,35)(H2,30,31,33,34);(H,6,7)/t25-;/m0./s1. The van der Waals surface area contributed by atoms with Gasteiger partial charge in [-0.1, -0.05) is 36.4 Å². The molecule has 4 rings (SSSR count). The van der Waals surface area contributed by atoms with Gasteiger partial charge in [0.15, 0.2) is 0 Å². The highest BCUT2D eigenvalue weighted by molar-refractivity contribution is 5.96. The molecule has 13 heteroatoms. The summed E-state index contributed by atoms with van der Waals surface area (Å²) in [6.45, 7) is 2.55. The van der Waals surface area contributed by atoms with Gasteiger partial charge in [0.25, 0.3) is 0 Å². The van der Waals surface area contributed by atoms with Crippen LogP contribution in [0.4, 0.5) is 30.6 Å². The molecule has 0 aliphatic heterocycles. The van der Waals surface area contributed by atoms with Crippen molar-refractivity contribution in [2.45, 2.75) is 32.0 Å². The van der Waals surface area contributed by atoms with Gasteiger partial charge in [-0.15, -0.1) is 0 Å². The van der Waals surface area contributed by atoms with Crippen molar-refractivity contribution in [3.8, 4) is 5.75 Å². The number of hydrogen-bond donors (Lipinski definition) is 4. The average molecular weight is 597 g/mol. The van der Waals surface area contributed by atoms with Crippen molar-refractivity contribution in [2.24, 2.45) is 0 Å². The second-order valence-electron chi connectivity index (χ2n) is 9.12. The van der Waals surface area contributed by atoms with Crippen LogP contribution in [0, 0.1) is 6.92 Å². The van der Waals surface area contributed by atoms with E-state index in [1.807, 2.05) is 85.8 Å². The molecule has 2 aromatic heterocycles. The highest BCUT2D eigenvalue weighted by Gasteiger charge is 2.38. The SMILES string of the molecule is COc1ccc(NC(=O)[C@H](Cc2ccccc2)Nc2cc(C)nc(NCCc3ccccn3)n2)cc1.O=C(O)C(F)(F)F. The molecular weight excluding hydrogens is 565 g/mol. The minimum Gasteiger partial charge on any atom is -0.497 e. The number of benzene rings is 2. The van der Waals surface area contributed by atoms with Crippen LogP contribution in [-0.2, 0) is 22.4 Å². The maximum Gasteiger partial charge on any atom is 0.490 e. The van der Waals surface area contributed by atoms with Gasteiger partial charge in [-0.05, 0) is 48.9 Å². The molecule has 2 aromatic carbocycles. The summed E-state index contributed by atoms with van der Waals surface area (Å²) in [5.41, 5.74) is 3.52. The van der Waals surface area contributed by atoms with Crippen molar-refractivity contribution in [1.29, 1.82) is 0 Å². The monoisotopic (exact) mass is 596 g/mol. The number of nitrogens with one attached hydrogen (secondary N) is 3. The number of halogens is 3. The number of amides is 1. The number of carboxylic acids is 1. The molecule has 0 aliphatic carbocycles. The molecule has 2 heterocycles. The average Bonchev–Trinajstić information content (AvgIpc) is 2.98. The summed E-state index contributed by atoms with van der Waals surface area (Å²) >= 11 is 0. The van der Waals surface area contributed by atoms with Crippen molar-refractivity contribution >= 4 is 29.3 Å². The van der Waals surface area contributed by atoms with Crippen LogP contribution in [0.2, 0.25) is 0 Å². The van der Waals surface area contributed by atoms with E-state index < -0.39 is 18.2 Å². The molecule has 0 radical (unpaired) electrons. The van der Waals surface area contributed by atoms with Gasteiger partial charge >= 0.3 is 12.1 Å². The normalized spacial score (nSPS) is 11.4. The van der Waals surface area contributed by atoms with Gasteiger partial charge in [0.2, 0.25) is 11.9 Å². The largest absolute Gasteiger partial charge is 0.497 e. The first-order valence-corrected chi connectivity index (χ1v) is 13.1. The molecule has 4 aromatic rings. The Balaban J connectivity index is 0.000000646. The van der Waals surface area contributed by atoms with Crippen LogP contribution in [0.3, 0.4) is 0 Å². The number of nitrogens with zero attached hydrogens (tertiary/aromatic N) is 3. The number of methoxy groups -OCH3 is 1. The zero-order valence-corrected chi connectivity index (χ0v) is 23.4. The number of carbonyl (C=O) groups excluding carboxylic acids is 1. The van der Waals surface area contributed by atoms with Crippen molar-refractivity contribution in [1.82, 2.24) is 15.0 Å². The number of rotatable bonds is 11. The van der Waals surface area contributed by atoms with Gasteiger partial charge in [0.1, 0.15) is 17.6 Å². The van der Waals surface area contributed by atoms with Crippen LogP contribution in [0.1, 0.15) is 17.0 Å². The Morgan fingerprint density at radius 3 is 2.26 bits per heavy atom. The lowest BCUT2D eigenvalue weighted by Gasteiger charge is -2.20. The van der Waals surface area contributed by atoms with Gasteiger partial charge < -0.3 is 25.8 Å². The number of ether oxygens (including phenoxy) is 1. The molecule has 0 saturated heterocycles. The fourth-order valence-corrected chi connectivity index (χ4v) is 3.71. The van der Waals surface area contributed by atoms with E-state index in [-0.39, 0.29) is 5.91 Å². The first-order chi connectivity index (χ1) is 20.5.